The fourth-order valence-electron chi connectivity index (χ4n) is 3.79. The van der Waals surface area contributed by atoms with Crippen LogP contribution in [0.15, 0.2) is 47.4 Å². The normalized spacial score (nSPS) is 10.6. The van der Waals surface area contributed by atoms with Crippen LogP contribution in [0, 0.1) is 0 Å². The van der Waals surface area contributed by atoms with Crippen LogP contribution in [-0.2, 0) is 4.79 Å². The third kappa shape index (κ3) is 11.7. The molecule has 8 heteroatoms. The maximum Gasteiger partial charge on any atom is 0.255 e. The van der Waals surface area contributed by atoms with Crippen LogP contribution >= 0.6 is 11.8 Å². The summed E-state index contributed by atoms with van der Waals surface area (Å²) in [7, 11) is 0. The summed E-state index contributed by atoms with van der Waals surface area (Å²) in [4.78, 5) is 37.2. The molecule has 202 valence electrons. The molecular formula is C29H41N3O4S. The standard InChI is InChI=1S/C29H41N3O4S/c1-4-5-6-7-8-9-10-11-20-36-25-15-12-23(13-16-25)29(35)32-26-21-24(14-17-27(26)37-3)28(34)31-19-18-30-22(2)33/h12-17,21H,4-11,18-20H2,1-3H3,(H,30,33)(H,31,34)(H,32,35). The molecule has 7 nitrogen and oxygen atoms in total. The summed E-state index contributed by atoms with van der Waals surface area (Å²) in [6.45, 7) is 5.01. The van der Waals surface area contributed by atoms with Gasteiger partial charge in [0.25, 0.3) is 11.8 Å². The Morgan fingerprint density at radius 1 is 0.784 bits per heavy atom. The smallest absolute Gasteiger partial charge is 0.255 e. The minimum Gasteiger partial charge on any atom is -0.494 e. The molecule has 0 fully saturated rings. The van der Waals surface area contributed by atoms with Gasteiger partial charge < -0.3 is 20.7 Å². The Kier molecular flexibility index (Phi) is 14.3. The number of nitrogens with one attached hydrogen (secondary N) is 3. The fraction of sp³-hybridized carbons (Fsp3) is 0.483. The van der Waals surface area contributed by atoms with Gasteiger partial charge in [0.2, 0.25) is 5.91 Å². The van der Waals surface area contributed by atoms with Crippen molar-refractivity contribution in [2.45, 2.75) is 70.1 Å². The third-order valence-corrected chi connectivity index (χ3v) is 6.67. The second-order valence-corrected chi connectivity index (χ2v) is 9.80. The highest BCUT2D eigenvalue weighted by molar-refractivity contribution is 7.98. The maximum atomic E-state index is 12.9. The van der Waals surface area contributed by atoms with Crippen molar-refractivity contribution in [3.05, 3.63) is 53.6 Å². The number of thioether (sulfide) groups is 1. The van der Waals surface area contributed by atoms with Gasteiger partial charge in [0.05, 0.1) is 12.3 Å². The highest BCUT2D eigenvalue weighted by Gasteiger charge is 2.13. The first kappa shape index (κ1) is 30.2. The van der Waals surface area contributed by atoms with E-state index in [0.29, 0.717) is 36.5 Å². The van der Waals surface area contributed by atoms with Crippen LogP contribution in [-0.4, -0.2) is 43.7 Å². The summed E-state index contributed by atoms with van der Waals surface area (Å²) in [6, 6.07) is 12.3. The van der Waals surface area contributed by atoms with Gasteiger partial charge in [-0.25, -0.2) is 0 Å². The lowest BCUT2D eigenvalue weighted by Crippen LogP contribution is -2.33. The van der Waals surface area contributed by atoms with Crippen molar-refractivity contribution in [1.82, 2.24) is 10.6 Å². The molecule has 0 saturated carbocycles. The second kappa shape index (κ2) is 17.5. The third-order valence-electron chi connectivity index (χ3n) is 5.88. The largest absolute Gasteiger partial charge is 0.494 e. The number of hydrogen-bond donors (Lipinski definition) is 3. The van der Waals surface area contributed by atoms with E-state index in [2.05, 4.69) is 22.9 Å². The number of hydrogen-bond acceptors (Lipinski definition) is 5. The van der Waals surface area contributed by atoms with Gasteiger partial charge in [-0.05, 0) is 55.1 Å². The molecule has 2 aromatic rings. The van der Waals surface area contributed by atoms with Gasteiger partial charge in [0, 0.05) is 36.0 Å². The van der Waals surface area contributed by atoms with E-state index in [0.717, 1.165) is 17.1 Å². The van der Waals surface area contributed by atoms with Crippen molar-refractivity contribution in [1.29, 1.82) is 0 Å². The Bertz CT molecular complexity index is 995. The summed E-state index contributed by atoms with van der Waals surface area (Å²) in [6.07, 6.45) is 12.0. The lowest BCUT2D eigenvalue weighted by atomic mass is 10.1. The van der Waals surface area contributed by atoms with Crippen molar-refractivity contribution in [3.8, 4) is 5.75 Å². The number of unbranched alkanes of at least 4 members (excludes halogenated alkanes) is 7. The average Bonchev–Trinajstić information content (AvgIpc) is 2.90. The molecule has 0 bridgehead atoms. The molecule has 0 atom stereocenters. The van der Waals surface area contributed by atoms with Crippen LogP contribution < -0.4 is 20.7 Å². The van der Waals surface area contributed by atoms with Crippen LogP contribution in [0.4, 0.5) is 5.69 Å². The Balaban J connectivity index is 1.83. The van der Waals surface area contributed by atoms with E-state index < -0.39 is 0 Å². The van der Waals surface area contributed by atoms with Gasteiger partial charge in [-0.15, -0.1) is 11.8 Å². The second-order valence-electron chi connectivity index (χ2n) is 8.96. The molecule has 0 radical (unpaired) electrons. The van der Waals surface area contributed by atoms with Gasteiger partial charge in [0.15, 0.2) is 0 Å². The molecular weight excluding hydrogens is 486 g/mol. The van der Waals surface area contributed by atoms with Crippen molar-refractivity contribution in [3.63, 3.8) is 0 Å². The van der Waals surface area contributed by atoms with Gasteiger partial charge >= 0.3 is 0 Å². The van der Waals surface area contributed by atoms with Crippen molar-refractivity contribution < 1.29 is 19.1 Å². The van der Waals surface area contributed by atoms with E-state index >= 15 is 0 Å². The summed E-state index contributed by atoms with van der Waals surface area (Å²) < 4.78 is 5.83. The predicted molar refractivity (Wildman–Crippen MR) is 152 cm³/mol. The number of carbonyl (C=O) groups excluding carboxylic acids is 3. The molecule has 2 aromatic carbocycles. The number of benzene rings is 2. The first-order valence-corrected chi connectivity index (χ1v) is 14.4. The van der Waals surface area contributed by atoms with E-state index in [1.165, 1.54) is 63.6 Å². The van der Waals surface area contributed by atoms with Gasteiger partial charge in [-0.3, -0.25) is 14.4 Å². The first-order valence-electron chi connectivity index (χ1n) is 13.2. The Morgan fingerprint density at radius 2 is 1.41 bits per heavy atom. The molecule has 0 heterocycles. The lowest BCUT2D eigenvalue weighted by Gasteiger charge is -2.13. The van der Waals surface area contributed by atoms with E-state index in [-0.39, 0.29) is 17.7 Å². The lowest BCUT2D eigenvalue weighted by molar-refractivity contribution is -0.118. The maximum absolute atomic E-state index is 12.9. The zero-order valence-corrected chi connectivity index (χ0v) is 23.2. The molecule has 3 amide bonds. The number of anilines is 1. The molecule has 0 aliphatic carbocycles. The van der Waals surface area contributed by atoms with E-state index in [1.54, 1.807) is 24.3 Å². The quantitative estimate of drug-likeness (QED) is 0.172. The zero-order valence-electron chi connectivity index (χ0n) is 22.4. The number of rotatable bonds is 17. The molecule has 37 heavy (non-hydrogen) atoms. The Morgan fingerprint density at radius 3 is 2.05 bits per heavy atom. The van der Waals surface area contributed by atoms with Crippen molar-refractivity contribution >= 4 is 35.2 Å². The average molecular weight is 528 g/mol. The van der Waals surface area contributed by atoms with E-state index in [4.69, 9.17) is 4.74 Å². The first-order chi connectivity index (χ1) is 17.9. The molecule has 0 unspecified atom stereocenters. The molecule has 0 aliphatic heterocycles. The van der Waals surface area contributed by atoms with Crippen LogP contribution in [0.2, 0.25) is 0 Å². The number of amides is 3. The fourth-order valence-corrected chi connectivity index (χ4v) is 4.32. The minimum atomic E-state index is -0.272. The zero-order chi connectivity index (χ0) is 26.9. The van der Waals surface area contributed by atoms with Gasteiger partial charge in [-0.1, -0.05) is 51.9 Å². The van der Waals surface area contributed by atoms with Crippen molar-refractivity contribution in [2.24, 2.45) is 0 Å². The highest BCUT2D eigenvalue weighted by Crippen LogP contribution is 2.27. The molecule has 0 aromatic heterocycles. The van der Waals surface area contributed by atoms with Crippen LogP contribution in [0.3, 0.4) is 0 Å². The summed E-state index contributed by atoms with van der Waals surface area (Å²) in [5, 5.41) is 8.32. The van der Waals surface area contributed by atoms with Crippen LogP contribution in [0.5, 0.6) is 5.75 Å². The van der Waals surface area contributed by atoms with Gasteiger partial charge in [0.1, 0.15) is 5.75 Å². The molecule has 2 rings (SSSR count). The van der Waals surface area contributed by atoms with Crippen LogP contribution in [0.25, 0.3) is 0 Å². The number of ether oxygens (including phenoxy) is 1. The van der Waals surface area contributed by atoms with Crippen molar-refractivity contribution in [2.75, 3.05) is 31.3 Å². The summed E-state index contributed by atoms with van der Waals surface area (Å²) >= 11 is 1.49. The predicted octanol–water partition coefficient (Wildman–Crippen LogP) is 6.05. The Hall–Kier alpha value is -3.00. The molecule has 0 aliphatic rings. The van der Waals surface area contributed by atoms with E-state index in [9.17, 15) is 14.4 Å². The monoisotopic (exact) mass is 527 g/mol. The van der Waals surface area contributed by atoms with Gasteiger partial charge in [-0.2, -0.15) is 0 Å². The molecule has 0 spiro atoms. The Labute approximate surface area is 225 Å². The van der Waals surface area contributed by atoms with Crippen LogP contribution in [0.1, 0.15) is 85.9 Å². The molecule has 3 N–H and O–H groups in total. The summed E-state index contributed by atoms with van der Waals surface area (Å²) in [5.41, 5.74) is 1.51. The molecule has 0 saturated heterocycles. The minimum absolute atomic E-state index is 0.147. The highest BCUT2D eigenvalue weighted by atomic mass is 32.2. The topological polar surface area (TPSA) is 96.5 Å². The van der Waals surface area contributed by atoms with E-state index in [1.807, 2.05) is 24.5 Å². The SMILES string of the molecule is CCCCCCCCCCOc1ccc(C(=O)Nc2cc(C(=O)NCCNC(C)=O)ccc2SC)cc1. The summed E-state index contributed by atoms with van der Waals surface area (Å²) in [5.74, 6) is 0.0773. The number of carbonyl (C=O) groups is 3.